The van der Waals surface area contributed by atoms with Crippen LogP contribution >= 0.6 is 11.6 Å². The molecule has 0 radical (unpaired) electrons. The maximum atomic E-state index is 12.3. The molecule has 0 atom stereocenters. The van der Waals surface area contributed by atoms with Gasteiger partial charge in [-0.25, -0.2) is 5.01 Å². The second-order valence-electron chi connectivity index (χ2n) is 4.52. The van der Waals surface area contributed by atoms with Crippen molar-refractivity contribution in [1.82, 2.24) is 5.43 Å². The molecule has 1 N–H and O–H groups in total. The third-order valence-electron chi connectivity index (χ3n) is 3.02. The van der Waals surface area contributed by atoms with Crippen LogP contribution < -0.4 is 10.4 Å². The molecule has 2 heterocycles. The largest absolute Gasteiger partial charge is 0.465 e. The summed E-state index contributed by atoms with van der Waals surface area (Å²) in [6, 6.07) is 10.2. The maximum absolute atomic E-state index is 12.3. The zero-order chi connectivity index (χ0) is 15.5. The molecule has 1 aromatic heterocycles. The molecule has 1 aliphatic rings. The highest BCUT2D eigenvalue weighted by atomic mass is 35.5. The number of furan rings is 1. The lowest BCUT2D eigenvalue weighted by molar-refractivity contribution is -0.117. The summed E-state index contributed by atoms with van der Waals surface area (Å²) in [5, 5.41) is 1.65. The minimum Gasteiger partial charge on any atom is -0.465 e. The van der Waals surface area contributed by atoms with Gasteiger partial charge in [-0.15, -0.1) is 0 Å². The van der Waals surface area contributed by atoms with Crippen LogP contribution in [0.25, 0.3) is 6.08 Å². The molecular formula is C16H11ClN2O3. The van der Waals surface area contributed by atoms with Gasteiger partial charge in [-0.2, -0.15) is 0 Å². The van der Waals surface area contributed by atoms with Gasteiger partial charge in [-0.05, 0) is 42.5 Å². The first-order valence-electron chi connectivity index (χ1n) is 6.48. The molecule has 0 aliphatic carbocycles. The number of benzene rings is 1. The SMILES string of the molecule is O=C1NN(c2cccc(Cl)c2)C(=O)/C1=C/C=C/c1ccco1. The van der Waals surface area contributed by atoms with Gasteiger partial charge in [0.25, 0.3) is 11.8 Å². The lowest BCUT2D eigenvalue weighted by Crippen LogP contribution is -2.35. The molecular weight excluding hydrogens is 304 g/mol. The zero-order valence-corrected chi connectivity index (χ0v) is 12.1. The van der Waals surface area contributed by atoms with E-state index in [0.29, 0.717) is 16.5 Å². The first kappa shape index (κ1) is 14.2. The Labute approximate surface area is 131 Å². The van der Waals surface area contributed by atoms with Crippen LogP contribution in [0, 0.1) is 0 Å². The Morgan fingerprint density at radius 2 is 2.05 bits per heavy atom. The van der Waals surface area contributed by atoms with Gasteiger partial charge in [0, 0.05) is 5.02 Å². The quantitative estimate of drug-likeness (QED) is 0.700. The van der Waals surface area contributed by atoms with Gasteiger partial charge in [0.05, 0.1) is 12.0 Å². The van der Waals surface area contributed by atoms with Crippen molar-refractivity contribution in [2.45, 2.75) is 0 Å². The average Bonchev–Trinajstić information content (AvgIpc) is 3.10. The van der Waals surface area contributed by atoms with Crippen molar-refractivity contribution in [2.75, 3.05) is 5.01 Å². The van der Waals surface area contributed by atoms with Crippen LogP contribution in [0.1, 0.15) is 5.76 Å². The summed E-state index contributed by atoms with van der Waals surface area (Å²) in [5.74, 6) is -0.264. The predicted molar refractivity (Wildman–Crippen MR) is 82.9 cm³/mol. The van der Waals surface area contributed by atoms with Crippen molar-refractivity contribution in [3.05, 3.63) is 71.2 Å². The van der Waals surface area contributed by atoms with E-state index in [1.54, 1.807) is 54.8 Å². The summed E-state index contributed by atoms with van der Waals surface area (Å²) in [7, 11) is 0. The van der Waals surface area contributed by atoms with E-state index < -0.39 is 11.8 Å². The lowest BCUT2D eigenvalue weighted by atomic mass is 10.2. The highest BCUT2D eigenvalue weighted by molar-refractivity contribution is 6.32. The summed E-state index contributed by atoms with van der Waals surface area (Å²) in [6.07, 6.45) is 6.24. The van der Waals surface area contributed by atoms with E-state index in [-0.39, 0.29) is 5.57 Å². The van der Waals surface area contributed by atoms with Crippen molar-refractivity contribution in [1.29, 1.82) is 0 Å². The highest BCUT2D eigenvalue weighted by Gasteiger charge is 2.33. The summed E-state index contributed by atoms with van der Waals surface area (Å²) in [5.41, 5.74) is 3.05. The molecule has 0 bridgehead atoms. The van der Waals surface area contributed by atoms with Gasteiger partial charge in [0.15, 0.2) is 0 Å². The van der Waals surface area contributed by atoms with Gasteiger partial charge in [0.2, 0.25) is 0 Å². The molecule has 2 aromatic rings. The number of nitrogens with zero attached hydrogens (tertiary/aromatic N) is 1. The Balaban J connectivity index is 1.82. The second-order valence-corrected chi connectivity index (χ2v) is 4.95. The third-order valence-corrected chi connectivity index (χ3v) is 3.26. The smallest absolute Gasteiger partial charge is 0.282 e. The molecule has 0 saturated carbocycles. The fourth-order valence-electron chi connectivity index (χ4n) is 2.00. The molecule has 110 valence electrons. The number of amides is 2. The number of hydrazine groups is 1. The van der Waals surface area contributed by atoms with Crippen molar-refractivity contribution >= 4 is 35.2 Å². The van der Waals surface area contributed by atoms with E-state index in [0.717, 1.165) is 0 Å². The van der Waals surface area contributed by atoms with E-state index in [1.165, 1.54) is 11.1 Å². The van der Waals surface area contributed by atoms with Gasteiger partial charge in [-0.3, -0.25) is 15.0 Å². The molecule has 1 aliphatic heterocycles. The zero-order valence-electron chi connectivity index (χ0n) is 11.3. The number of nitrogens with one attached hydrogen (secondary N) is 1. The van der Waals surface area contributed by atoms with Crippen LogP contribution in [0.2, 0.25) is 5.02 Å². The molecule has 2 amide bonds. The van der Waals surface area contributed by atoms with E-state index in [2.05, 4.69) is 5.43 Å². The van der Waals surface area contributed by atoms with Crippen LogP contribution in [-0.2, 0) is 9.59 Å². The Morgan fingerprint density at radius 1 is 1.18 bits per heavy atom. The monoisotopic (exact) mass is 314 g/mol. The fraction of sp³-hybridized carbons (Fsp3) is 0. The topological polar surface area (TPSA) is 62.6 Å². The molecule has 3 rings (SSSR count). The molecule has 22 heavy (non-hydrogen) atoms. The van der Waals surface area contributed by atoms with Crippen LogP contribution in [0.5, 0.6) is 0 Å². The predicted octanol–water partition coefficient (Wildman–Crippen LogP) is 2.95. The molecule has 1 fully saturated rings. The first-order chi connectivity index (χ1) is 10.6. The van der Waals surface area contributed by atoms with Gasteiger partial charge in [-0.1, -0.05) is 23.7 Å². The summed E-state index contributed by atoms with van der Waals surface area (Å²) >= 11 is 5.90. The van der Waals surface area contributed by atoms with E-state index >= 15 is 0 Å². The normalized spacial score (nSPS) is 16.8. The Kier molecular flexibility index (Phi) is 3.80. The number of carbonyl (C=O) groups excluding carboxylic acids is 2. The molecule has 0 spiro atoms. The molecule has 1 saturated heterocycles. The Hall–Kier alpha value is -2.79. The number of halogens is 1. The molecule has 5 nitrogen and oxygen atoms in total. The van der Waals surface area contributed by atoms with E-state index in [1.807, 2.05) is 0 Å². The van der Waals surface area contributed by atoms with Crippen molar-refractivity contribution < 1.29 is 14.0 Å². The minimum atomic E-state index is -0.464. The van der Waals surface area contributed by atoms with Gasteiger partial charge < -0.3 is 4.42 Å². The van der Waals surface area contributed by atoms with Crippen LogP contribution in [0.4, 0.5) is 5.69 Å². The lowest BCUT2D eigenvalue weighted by Gasteiger charge is -2.14. The number of carbonyl (C=O) groups is 2. The summed E-state index contributed by atoms with van der Waals surface area (Å²) in [6.45, 7) is 0. The number of allylic oxidation sites excluding steroid dienone is 2. The van der Waals surface area contributed by atoms with Crippen molar-refractivity contribution in [3.63, 3.8) is 0 Å². The van der Waals surface area contributed by atoms with Crippen LogP contribution in [0.3, 0.4) is 0 Å². The number of rotatable bonds is 3. The standard InChI is InChI=1S/C16H11ClN2O3/c17-11-4-1-5-12(10-11)19-16(21)14(15(20)18-19)8-2-6-13-7-3-9-22-13/h1-10H,(H,18,20)/b6-2+,14-8+. The highest BCUT2D eigenvalue weighted by Crippen LogP contribution is 2.23. The fourth-order valence-corrected chi connectivity index (χ4v) is 2.18. The first-order valence-corrected chi connectivity index (χ1v) is 6.86. The second kappa shape index (κ2) is 5.91. The number of anilines is 1. The molecule has 0 unspecified atom stereocenters. The van der Waals surface area contributed by atoms with E-state index in [4.69, 9.17) is 16.0 Å². The number of hydrogen-bond donors (Lipinski definition) is 1. The Morgan fingerprint density at radius 3 is 2.77 bits per heavy atom. The Bertz CT molecular complexity index is 778. The van der Waals surface area contributed by atoms with E-state index in [9.17, 15) is 9.59 Å². The summed E-state index contributed by atoms with van der Waals surface area (Å²) in [4.78, 5) is 24.2. The maximum Gasteiger partial charge on any atom is 0.282 e. The van der Waals surface area contributed by atoms with Crippen LogP contribution in [-0.4, -0.2) is 11.8 Å². The van der Waals surface area contributed by atoms with Gasteiger partial charge in [0.1, 0.15) is 11.3 Å². The molecule has 1 aromatic carbocycles. The average molecular weight is 315 g/mol. The van der Waals surface area contributed by atoms with Crippen LogP contribution in [0.15, 0.2) is 64.8 Å². The summed E-state index contributed by atoms with van der Waals surface area (Å²) < 4.78 is 5.13. The van der Waals surface area contributed by atoms with Crippen molar-refractivity contribution in [2.24, 2.45) is 0 Å². The minimum absolute atomic E-state index is 0.0442. The van der Waals surface area contributed by atoms with Crippen molar-refractivity contribution in [3.8, 4) is 0 Å². The third kappa shape index (κ3) is 2.80. The molecule has 6 heteroatoms. The number of hydrogen-bond acceptors (Lipinski definition) is 3. The van der Waals surface area contributed by atoms with Gasteiger partial charge >= 0.3 is 0 Å².